The normalized spacial score (nSPS) is 11.7. The molecule has 0 N–H and O–H groups in total. The third-order valence-electron chi connectivity index (χ3n) is 0.211. The predicted molar refractivity (Wildman–Crippen MR) is 38.9 cm³/mol. The molecule has 0 radical (unpaired) electrons. The average Bonchev–Trinajstić information content (AvgIpc) is 1.27. The van der Waals surface area contributed by atoms with Gasteiger partial charge in [-0.2, -0.15) is 0 Å². The van der Waals surface area contributed by atoms with Crippen molar-refractivity contribution in [1.82, 2.24) is 0 Å². The van der Waals surface area contributed by atoms with Crippen molar-refractivity contribution in [2.45, 2.75) is 0 Å². The van der Waals surface area contributed by atoms with Crippen molar-refractivity contribution in [2.24, 2.45) is 0 Å². The summed E-state index contributed by atoms with van der Waals surface area (Å²) in [6, 6.07) is 0. The van der Waals surface area contributed by atoms with E-state index in [1.54, 1.807) is 0 Å². The van der Waals surface area contributed by atoms with Gasteiger partial charge in [0.05, 0.1) is 0 Å². The number of hydrogen-bond acceptors (Lipinski definition) is 0. The van der Waals surface area contributed by atoms with Crippen LogP contribution < -0.4 is 0 Å². The van der Waals surface area contributed by atoms with E-state index in [1.165, 1.54) is 0 Å². The van der Waals surface area contributed by atoms with Crippen LogP contribution in [0.1, 0.15) is 0 Å². The van der Waals surface area contributed by atoms with Crippen molar-refractivity contribution in [1.29, 1.82) is 0 Å². The Labute approximate surface area is 56.0 Å². The Morgan fingerprint density at radius 1 is 0.857 bits per heavy atom. The second-order valence-corrected chi connectivity index (χ2v) is 19.0. The Hall–Kier alpha value is 1.39. The van der Waals surface area contributed by atoms with E-state index in [1.807, 2.05) is 0 Å². The molecule has 0 aromatic rings. The molecule has 0 aromatic carbocycles. The molecule has 0 spiro atoms. The molecule has 0 saturated heterocycles. The fourth-order valence-electron chi connectivity index (χ4n) is 0.211. The SMILES string of the molecule is C[S](C)=[Pt]=[S](C)C. The van der Waals surface area contributed by atoms with Crippen LogP contribution in [0.25, 0.3) is 0 Å². The molecule has 0 nitrogen and oxygen atoms in total. The van der Waals surface area contributed by atoms with Gasteiger partial charge in [-0.1, -0.05) is 0 Å². The van der Waals surface area contributed by atoms with Crippen molar-refractivity contribution >= 4 is 16.2 Å². The molecule has 0 heterocycles. The van der Waals surface area contributed by atoms with Gasteiger partial charge < -0.3 is 0 Å². The fourth-order valence-corrected chi connectivity index (χ4v) is 15.5. The maximum atomic E-state index is 2.35. The quantitative estimate of drug-likeness (QED) is 0.640. The Morgan fingerprint density at radius 3 is 1.14 bits per heavy atom. The molecular weight excluding hydrogens is 307 g/mol. The van der Waals surface area contributed by atoms with Gasteiger partial charge in [0, 0.05) is 0 Å². The standard InChI is InChI=1S/2C2H6S.Pt/c2*1-3-2;/h2*1-2H3;. The predicted octanol–water partition coefficient (Wildman–Crippen LogP) is 1.96. The molecule has 0 unspecified atom stereocenters. The van der Waals surface area contributed by atoms with Crippen molar-refractivity contribution in [3.05, 3.63) is 0 Å². The van der Waals surface area contributed by atoms with Crippen LogP contribution >= 0.6 is 16.2 Å². The zero-order valence-electron chi connectivity index (χ0n) is 5.13. The van der Waals surface area contributed by atoms with Gasteiger partial charge in [0.15, 0.2) is 0 Å². The number of rotatable bonds is 0. The van der Waals surface area contributed by atoms with Crippen LogP contribution in [0.2, 0.25) is 0 Å². The van der Waals surface area contributed by atoms with Crippen LogP contribution in [-0.4, -0.2) is 25.0 Å². The van der Waals surface area contributed by atoms with Crippen molar-refractivity contribution in [3.8, 4) is 0 Å². The Balaban J connectivity index is 4.13. The first-order chi connectivity index (χ1) is 3.13. The van der Waals surface area contributed by atoms with Gasteiger partial charge in [-0.15, -0.1) is 0 Å². The van der Waals surface area contributed by atoms with Crippen LogP contribution in [-0.2, 0) is 14.9 Å². The summed E-state index contributed by atoms with van der Waals surface area (Å²) in [5.41, 5.74) is 0. The third-order valence-corrected chi connectivity index (χ3v) is 15.5. The monoisotopic (exact) mass is 319 g/mol. The first-order valence-electron chi connectivity index (χ1n) is 1.89. The fraction of sp³-hybridized carbons (Fsp3) is 1.00. The molecule has 0 amide bonds. The molecular formula is C4H12PtS2. The van der Waals surface area contributed by atoms with Gasteiger partial charge in [-0.3, -0.25) is 0 Å². The van der Waals surface area contributed by atoms with E-state index in [0.29, 0.717) is 14.9 Å². The zero-order valence-corrected chi connectivity index (χ0v) is 9.04. The molecule has 0 aliphatic heterocycles. The van der Waals surface area contributed by atoms with E-state index in [0.717, 1.165) is 16.2 Å². The minimum absolute atomic E-state index is 0.552. The van der Waals surface area contributed by atoms with Crippen LogP contribution in [0.4, 0.5) is 0 Å². The van der Waals surface area contributed by atoms with Crippen LogP contribution in [0, 0.1) is 0 Å². The first-order valence-corrected chi connectivity index (χ1v) is 11.2. The van der Waals surface area contributed by atoms with Crippen molar-refractivity contribution < 1.29 is 14.9 Å². The molecule has 7 heavy (non-hydrogen) atoms. The topological polar surface area (TPSA) is 0 Å². The van der Waals surface area contributed by atoms with E-state index in [9.17, 15) is 0 Å². The average molecular weight is 319 g/mol. The summed E-state index contributed by atoms with van der Waals surface area (Å²) in [5, 5.41) is 0. The summed E-state index contributed by atoms with van der Waals surface area (Å²) >= 11 is 0.552. The zero-order chi connectivity index (χ0) is 5.86. The first kappa shape index (κ1) is 8.39. The van der Waals surface area contributed by atoms with Crippen molar-refractivity contribution in [3.63, 3.8) is 0 Å². The van der Waals surface area contributed by atoms with Crippen molar-refractivity contribution in [2.75, 3.05) is 25.0 Å². The Morgan fingerprint density at radius 2 is 1.14 bits per heavy atom. The molecule has 0 aliphatic carbocycles. The molecule has 3 heteroatoms. The molecule has 0 rings (SSSR count). The summed E-state index contributed by atoms with van der Waals surface area (Å²) < 4.78 is 0. The van der Waals surface area contributed by atoms with Gasteiger partial charge in [-0.25, -0.2) is 0 Å². The minimum atomic E-state index is 0.552. The van der Waals surface area contributed by atoms with E-state index in [-0.39, 0.29) is 0 Å². The molecule has 0 saturated carbocycles. The molecule has 0 bridgehead atoms. The number of hydrogen-bond donors (Lipinski definition) is 0. The molecule has 0 aromatic heterocycles. The Bertz CT molecular complexity index is 102. The molecule has 0 atom stereocenters. The van der Waals surface area contributed by atoms with Gasteiger partial charge >= 0.3 is 56.1 Å². The third kappa shape index (κ3) is 7.39. The summed E-state index contributed by atoms with van der Waals surface area (Å²) in [5.74, 6) is 0. The van der Waals surface area contributed by atoms with Crippen LogP contribution in [0.5, 0.6) is 0 Å². The van der Waals surface area contributed by atoms with E-state index < -0.39 is 0 Å². The summed E-state index contributed by atoms with van der Waals surface area (Å²) in [7, 11) is 1.56. The van der Waals surface area contributed by atoms with E-state index >= 15 is 0 Å². The maximum absolute atomic E-state index is 2.35. The Kier molecular flexibility index (Phi) is 5.14. The van der Waals surface area contributed by atoms with E-state index in [4.69, 9.17) is 0 Å². The summed E-state index contributed by atoms with van der Waals surface area (Å²) in [4.78, 5) is 0. The van der Waals surface area contributed by atoms with Crippen LogP contribution in [0.3, 0.4) is 0 Å². The van der Waals surface area contributed by atoms with Gasteiger partial charge in [0.25, 0.3) is 0 Å². The summed E-state index contributed by atoms with van der Waals surface area (Å²) in [6.45, 7) is 0. The summed E-state index contributed by atoms with van der Waals surface area (Å²) in [6.07, 6.45) is 9.39. The van der Waals surface area contributed by atoms with Gasteiger partial charge in [0.1, 0.15) is 0 Å². The van der Waals surface area contributed by atoms with Gasteiger partial charge in [-0.05, 0) is 0 Å². The van der Waals surface area contributed by atoms with E-state index in [2.05, 4.69) is 25.0 Å². The molecule has 0 aliphatic rings. The second kappa shape index (κ2) is 4.29. The molecule has 50 valence electrons. The second-order valence-electron chi connectivity index (χ2n) is 1.39. The van der Waals surface area contributed by atoms with Crippen LogP contribution in [0.15, 0.2) is 0 Å². The molecule has 0 fully saturated rings. The van der Waals surface area contributed by atoms with Gasteiger partial charge in [0.2, 0.25) is 0 Å².